The van der Waals surface area contributed by atoms with Crippen LogP contribution >= 0.6 is 11.8 Å². The lowest BCUT2D eigenvalue weighted by molar-refractivity contribution is -0.132. The minimum Gasteiger partial charge on any atom is -0.366 e. The smallest absolute Gasteiger partial charge is 0.260 e. The number of carbonyl (C=O) groups is 1. The Bertz CT molecular complexity index is 319. The molecule has 1 atom stereocenters. The number of thioether (sulfide) groups is 1. The van der Waals surface area contributed by atoms with Gasteiger partial charge in [0, 0.05) is 39.1 Å². The Morgan fingerprint density at radius 2 is 2.17 bits per heavy atom. The number of rotatable bonds is 5. The van der Waals surface area contributed by atoms with Gasteiger partial charge in [0.2, 0.25) is 0 Å². The lowest BCUT2D eigenvalue weighted by Gasteiger charge is -2.33. The standard InChI is InChI=1S/C12H21N3O2S/c1-14-4-6-15(7-5-14)8-9-17-12(11(13)16)3-2-10-18-12/h2,10H,3-9H2,1H3,(H2,13,16). The molecule has 6 heteroatoms. The zero-order chi connectivity index (χ0) is 13.0. The Morgan fingerprint density at radius 3 is 2.72 bits per heavy atom. The van der Waals surface area contributed by atoms with Gasteiger partial charge in [-0.2, -0.15) is 0 Å². The van der Waals surface area contributed by atoms with Gasteiger partial charge in [-0.25, -0.2) is 0 Å². The molecule has 1 amide bonds. The van der Waals surface area contributed by atoms with Crippen LogP contribution in [-0.2, 0) is 9.53 Å². The molecule has 18 heavy (non-hydrogen) atoms. The fourth-order valence-corrected chi connectivity index (χ4v) is 3.02. The third-order valence-corrected chi connectivity index (χ3v) is 4.65. The lowest BCUT2D eigenvalue weighted by atomic mass is 10.2. The first-order valence-electron chi connectivity index (χ1n) is 6.30. The molecule has 0 aromatic heterocycles. The molecule has 1 saturated heterocycles. The van der Waals surface area contributed by atoms with Gasteiger partial charge in [0.1, 0.15) is 0 Å². The molecular weight excluding hydrogens is 250 g/mol. The normalized spacial score (nSPS) is 29.8. The summed E-state index contributed by atoms with van der Waals surface area (Å²) in [5.41, 5.74) is 5.43. The SMILES string of the molecule is CN1CCN(CCOC2(C(N)=O)CC=CS2)CC1. The average molecular weight is 271 g/mol. The third kappa shape index (κ3) is 3.26. The van der Waals surface area contributed by atoms with E-state index in [-0.39, 0.29) is 5.91 Å². The van der Waals surface area contributed by atoms with Gasteiger partial charge >= 0.3 is 0 Å². The summed E-state index contributed by atoms with van der Waals surface area (Å²) < 4.78 is 5.75. The van der Waals surface area contributed by atoms with E-state index in [4.69, 9.17) is 10.5 Å². The van der Waals surface area contributed by atoms with E-state index < -0.39 is 4.93 Å². The van der Waals surface area contributed by atoms with Crippen LogP contribution in [0.5, 0.6) is 0 Å². The van der Waals surface area contributed by atoms with Crippen molar-refractivity contribution in [2.24, 2.45) is 5.73 Å². The second kappa shape index (κ2) is 6.06. The van der Waals surface area contributed by atoms with Gasteiger partial charge in [-0.3, -0.25) is 9.69 Å². The number of carbonyl (C=O) groups excluding carboxylic acids is 1. The van der Waals surface area contributed by atoms with Crippen LogP contribution in [0.1, 0.15) is 6.42 Å². The molecule has 2 N–H and O–H groups in total. The second-order valence-corrected chi connectivity index (χ2v) is 5.97. The Labute approximate surface area is 112 Å². The summed E-state index contributed by atoms with van der Waals surface area (Å²) in [6, 6.07) is 0. The summed E-state index contributed by atoms with van der Waals surface area (Å²) in [5.74, 6) is -0.379. The molecule has 5 nitrogen and oxygen atoms in total. The van der Waals surface area contributed by atoms with Crippen LogP contribution in [0.15, 0.2) is 11.5 Å². The first-order chi connectivity index (χ1) is 8.62. The molecular formula is C12H21N3O2S. The van der Waals surface area contributed by atoms with E-state index in [9.17, 15) is 4.79 Å². The van der Waals surface area contributed by atoms with Crippen molar-refractivity contribution in [2.75, 3.05) is 46.4 Å². The fourth-order valence-electron chi connectivity index (χ4n) is 2.14. The number of ether oxygens (including phenoxy) is 1. The molecule has 2 heterocycles. The van der Waals surface area contributed by atoms with Crippen molar-refractivity contribution < 1.29 is 9.53 Å². The molecule has 2 aliphatic rings. The van der Waals surface area contributed by atoms with Gasteiger partial charge in [-0.1, -0.05) is 17.8 Å². The molecule has 2 rings (SSSR count). The van der Waals surface area contributed by atoms with Crippen molar-refractivity contribution in [3.63, 3.8) is 0 Å². The predicted molar refractivity (Wildman–Crippen MR) is 73.2 cm³/mol. The van der Waals surface area contributed by atoms with Gasteiger partial charge < -0.3 is 15.4 Å². The number of nitrogens with two attached hydrogens (primary N) is 1. The maximum absolute atomic E-state index is 11.5. The highest BCUT2D eigenvalue weighted by molar-refractivity contribution is 8.04. The number of likely N-dealkylation sites (N-methyl/N-ethyl adjacent to an activating group) is 1. The summed E-state index contributed by atoms with van der Waals surface area (Å²) in [5, 5.41) is 1.89. The fraction of sp³-hybridized carbons (Fsp3) is 0.750. The zero-order valence-electron chi connectivity index (χ0n) is 10.8. The molecule has 0 aromatic rings. The molecule has 102 valence electrons. The van der Waals surface area contributed by atoms with Gasteiger partial charge in [0.25, 0.3) is 5.91 Å². The Kier molecular flexibility index (Phi) is 4.66. The highest BCUT2D eigenvalue weighted by Crippen LogP contribution is 2.37. The molecule has 0 aliphatic carbocycles. The summed E-state index contributed by atoms with van der Waals surface area (Å²) in [4.78, 5) is 15.3. The van der Waals surface area contributed by atoms with Crippen molar-refractivity contribution in [2.45, 2.75) is 11.4 Å². The summed E-state index contributed by atoms with van der Waals surface area (Å²) in [7, 11) is 2.14. The van der Waals surface area contributed by atoms with Gasteiger partial charge in [-0.15, -0.1) is 0 Å². The van der Waals surface area contributed by atoms with Crippen molar-refractivity contribution in [3.8, 4) is 0 Å². The molecule has 2 aliphatic heterocycles. The third-order valence-electron chi connectivity index (χ3n) is 3.46. The molecule has 0 aromatic carbocycles. The van der Waals surface area contributed by atoms with E-state index in [1.165, 1.54) is 11.8 Å². The number of primary amides is 1. The van der Waals surface area contributed by atoms with Crippen molar-refractivity contribution >= 4 is 17.7 Å². The maximum Gasteiger partial charge on any atom is 0.260 e. The van der Waals surface area contributed by atoms with Gasteiger partial charge in [0.15, 0.2) is 4.93 Å². The highest BCUT2D eigenvalue weighted by Gasteiger charge is 2.39. The molecule has 0 bridgehead atoms. The van der Waals surface area contributed by atoms with Crippen molar-refractivity contribution in [1.82, 2.24) is 9.80 Å². The molecule has 0 spiro atoms. The monoisotopic (exact) mass is 271 g/mol. The molecule has 1 fully saturated rings. The number of hydrogen-bond donors (Lipinski definition) is 1. The van der Waals surface area contributed by atoms with Crippen LogP contribution in [0.4, 0.5) is 0 Å². The minimum atomic E-state index is -0.855. The van der Waals surface area contributed by atoms with Crippen LogP contribution in [0.2, 0.25) is 0 Å². The Morgan fingerprint density at radius 1 is 1.44 bits per heavy atom. The average Bonchev–Trinajstić information content (AvgIpc) is 2.82. The summed E-state index contributed by atoms with van der Waals surface area (Å²) >= 11 is 1.38. The van der Waals surface area contributed by atoms with E-state index in [1.807, 2.05) is 11.5 Å². The van der Waals surface area contributed by atoms with E-state index in [0.29, 0.717) is 13.0 Å². The van der Waals surface area contributed by atoms with E-state index >= 15 is 0 Å². The summed E-state index contributed by atoms with van der Waals surface area (Å²) in [6.45, 7) is 5.74. The number of hydrogen-bond acceptors (Lipinski definition) is 5. The van der Waals surface area contributed by atoms with E-state index in [2.05, 4.69) is 16.8 Å². The quantitative estimate of drug-likeness (QED) is 0.767. The highest BCUT2D eigenvalue weighted by atomic mass is 32.2. The largest absolute Gasteiger partial charge is 0.366 e. The number of piperazine rings is 1. The maximum atomic E-state index is 11.5. The van der Waals surface area contributed by atoms with Crippen molar-refractivity contribution in [1.29, 1.82) is 0 Å². The Hall–Kier alpha value is -0.560. The van der Waals surface area contributed by atoms with Gasteiger partial charge in [-0.05, 0) is 12.5 Å². The second-order valence-electron chi connectivity index (χ2n) is 4.80. The van der Waals surface area contributed by atoms with Crippen LogP contribution in [0.25, 0.3) is 0 Å². The van der Waals surface area contributed by atoms with E-state index in [1.54, 1.807) is 0 Å². The lowest BCUT2D eigenvalue weighted by Crippen LogP contribution is -2.47. The Balaban J connectivity index is 1.72. The first-order valence-corrected chi connectivity index (χ1v) is 7.18. The first kappa shape index (κ1) is 13.9. The summed E-state index contributed by atoms with van der Waals surface area (Å²) in [6.07, 6.45) is 2.51. The number of nitrogens with zero attached hydrogens (tertiary/aromatic N) is 2. The van der Waals surface area contributed by atoms with Crippen molar-refractivity contribution in [3.05, 3.63) is 11.5 Å². The molecule has 1 unspecified atom stereocenters. The number of amides is 1. The molecule has 0 saturated carbocycles. The topological polar surface area (TPSA) is 58.8 Å². The van der Waals surface area contributed by atoms with Gasteiger partial charge in [0.05, 0.1) is 6.61 Å². The molecule has 0 radical (unpaired) electrons. The predicted octanol–water partition coefficient (Wildman–Crippen LogP) is 0.0826. The van der Waals surface area contributed by atoms with Crippen LogP contribution in [0, 0.1) is 0 Å². The zero-order valence-corrected chi connectivity index (χ0v) is 11.6. The minimum absolute atomic E-state index is 0.379. The van der Waals surface area contributed by atoms with E-state index in [0.717, 1.165) is 32.7 Å². The van der Waals surface area contributed by atoms with Crippen LogP contribution in [-0.4, -0.2) is 67.0 Å². The van der Waals surface area contributed by atoms with Crippen LogP contribution < -0.4 is 5.73 Å². The van der Waals surface area contributed by atoms with Crippen LogP contribution in [0.3, 0.4) is 0 Å².